The molecule has 2 fully saturated rings. The van der Waals surface area contributed by atoms with E-state index >= 15 is 0 Å². The molecule has 6 heteroatoms. The molecule has 0 amide bonds. The van der Waals surface area contributed by atoms with Gasteiger partial charge in [0.25, 0.3) is 0 Å². The summed E-state index contributed by atoms with van der Waals surface area (Å²) in [5, 5.41) is 9.94. The summed E-state index contributed by atoms with van der Waals surface area (Å²) in [6.07, 6.45) is 7.33. The first-order valence-corrected chi connectivity index (χ1v) is 7.51. The fourth-order valence-electron chi connectivity index (χ4n) is 3.72. The SMILES string of the molecule is CCCc1c(NN)ncnc1N1C2CCC1CC(O)C2. The van der Waals surface area contributed by atoms with Crippen molar-refractivity contribution in [1.29, 1.82) is 0 Å². The fraction of sp³-hybridized carbons (Fsp3) is 0.714. The van der Waals surface area contributed by atoms with Gasteiger partial charge >= 0.3 is 0 Å². The molecule has 3 rings (SSSR count). The summed E-state index contributed by atoms with van der Waals surface area (Å²) in [6.45, 7) is 2.14. The van der Waals surface area contributed by atoms with Crippen LogP contribution in [0, 0.1) is 0 Å². The van der Waals surface area contributed by atoms with Gasteiger partial charge in [-0.25, -0.2) is 15.8 Å². The lowest BCUT2D eigenvalue weighted by Gasteiger charge is -2.39. The van der Waals surface area contributed by atoms with Gasteiger partial charge in [0.1, 0.15) is 18.0 Å². The highest BCUT2D eigenvalue weighted by atomic mass is 16.3. The van der Waals surface area contributed by atoms with Crippen molar-refractivity contribution in [3.05, 3.63) is 11.9 Å². The third kappa shape index (κ3) is 2.23. The topological polar surface area (TPSA) is 87.3 Å². The normalized spacial score (nSPS) is 28.8. The number of nitrogens with one attached hydrogen (secondary N) is 1. The summed E-state index contributed by atoms with van der Waals surface area (Å²) in [5.41, 5.74) is 3.79. The van der Waals surface area contributed by atoms with E-state index in [0.29, 0.717) is 12.1 Å². The monoisotopic (exact) mass is 277 g/mol. The van der Waals surface area contributed by atoms with Crippen molar-refractivity contribution in [2.45, 2.75) is 63.6 Å². The third-order valence-electron chi connectivity index (χ3n) is 4.51. The van der Waals surface area contributed by atoms with E-state index in [0.717, 1.165) is 55.7 Å². The number of anilines is 2. The summed E-state index contributed by atoms with van der Waals surface area (Å²) < 4.78 is 0. The van der Waals surface area contributed by atoms with E-state index in [4.69, 9.17) is 5.84 Å². The molecule has 1 aromatic heterocycles. The molecule has 1 aromatic rings. The van der Waals surface area contributed by atoms with E-state index < -0.39 is 0 Å². The first kappa shape index (κ1) is 13.6. The van der Waals surface area contributed by atoms with Crippen molar-refractivity contribution in [2.75, 3.05) is 10.3 Å². The number of fused-ring (bicyclic) bond motifs is 2. The molecule has 3 heterocycles. The number of nitrogens with zero attached hydrogens (tertiary/aromatic N) is 3. The molecule has 0 aliphatic carbocycles. The van der Waals surface area contributed by atoms with E-state index in [2.05, 4.69) is 27.2 Å². The molecule has 0 aromatic carbocycles. The van der Waals surface area contributed by atoms with Crippen LogP contribution in [0.5, 0.6) is 0 Å². The molecule has 4 N–H and O–H groups in total. The number of aliphatic hydroxyl groups excluding tert-OH is 1. The van der Waals surface area contributed by atoms with Crippen LogP contribution in [0.3, 0.4) is 0 Å². The predicted molar refractivity (Wildman–Crippen MR) is 78.4 cm³/mol. The maximum absolute atomic E-state index is 9.94. The molecule has 6 nitrogen and oxygen atoms in total. The van der Waals surface area contributed by atoms with Crippen LogP contribution in [0.4, 0.5) is 11.6 Å². The molecule has 2 unspecified atom stereocenters. The number of piperidine rings is 1. The second-order valence-electron chi connectivity index (χ2n) is 5.84. The van der Waals surface area contributed by atoms with Gasteiger partial charge in [-0.2, -0.15) is 0 Å². The Labute approximate surface area is 119 Å². The Kier molecular flexibility index (Phi) is 3.76. The minimum Gasteiger partial charge on any atom is -0.393 e. The van der Waals surface area contributed by atoms with E-state index in [1.807, 2.05) is 0 Å². The third-order valence-corrected chi connectivity index (χ3v) is 4.51. The summed E-state index contributed by atoms with van der Waals surface area (Å²) in [5.74, 6) is 7.32. The number of nitrogens with two attached hydrogens (primary N) is 1. The Morgan fingerprint density at radius 1 is 1.35 bits per heavy atom. The molecule has 0 saturated carbocycles. The maximum atomic E-state index is 9.94. The fourth-order valence-corrected chi connectivity index (χ4v) is 3.72. The minimum atomic E-state index is -0.160. The van der Waals surface area contributed by atoms with Crippen molar-refractivity contribution < 1.29 is 5.11 Å². The van der Waals surface area contributed by atoms with Crippen molar-refractivity contribution in [3.8, 4) is 0 Å². The van der Waals surface area contributed by atoms with Gasteiger partial charge in [-0.15, -0.1) is 0 Å². The van der Waals surface area contributed by atoms with Crippen molar-refractivity contribution >= 4 is 11.6 Å². The van der Waals surface area contributed by atoms with Gasteiger partial charge in [0.15, 0.2) is 0 Å². The molecule has 0 spiro atoms. The van der Waals surface area contributed by atoms with Gasteiger partial charge < -0.3 is 15.4 Å². The van der Waals surface area contributed by atoms with Gasteiger partial charge in [0, 0.05) is 17.6 Å². The van der Waals surface area contributed by atoms with E-state index in [1.54, 1.807) is 6.33 Å². The van der Waals surface area contributed by atoms with Crippen LogP contribution in [0.25, 0.3) is 0 Å². The van der Waals surface area contributed by atoms with Crippen molar-refractivity contribution in [2.24, 2.45) is 5.84 Å². The van der Waals surface area contributed by atoms with Gasteiger partial charge in [-0.1, -0.05) is 13.3 Å². The number of aliphatic hydroxyl groups is 1. The van der Waals surface area contributed by atoms with E-state index in [1.165, 1.54) is 0 Å². The highest BCUT2D eigenvalue weighted by molar-refractivity contribution is 5.60. The Balaban J connectivity index is 1.98. The van der Waals surface area contributed by atoms with Crippen molar-refractivity contribution in [3.63, 3.8) is 0 Å². The number of nitrogen functional groups attached to an aromatic ring is 1. The minimum absolute atomic E-state index is 0.160. The van der Waals surface area contributed by atoms with Crippen molar-refractivity contribution in [1.82, 2.24) is 9.97 Å². The Bertz CT molecular complexity index is 467. The average Bonchev–Trinajstić information content (AvgIpc) is 2.71. The number of hydrogen-bond acceptors (Lipinski definition) is 6. The van der Waals surface area contributed by atoms with Crippen LogP contribution in [-0.4, -0.2) is 33.3 Å². The molecule has 110 valence electrons. The smallest absolute Gasteiger partial charge is 0.148 e. The Morgan fingerprint density at radius 2 is 2.05 bits per heavy atom. The molecule has 2 aliphatic heterocycles. The van der Waals surface area contributed by atoms with E-state index in [9.17, 15) is 5.11 Å². The predicted octanol–water partition coefficient (Wildman–Crippen LogP) is 1.21. The number of hydrazine groups is 1. The number of hydrogen-bond donors (Lipinski definition) is 3. The molecular weight excluding hydrogens is 254 g/mol. The molecule has 2 bridgehead atoms. The quantitative estimate of drug-likeness (QED) is 0.566. The molecular formula is C14H23N5O. The van der Waals surface area contributed by atoms with Crippen LogP contribution in [0.1, 0.15) is 44.6 Å². The lowest BCUT2D eigenvalue weighted by molar-refractivity contribution is 0.126. The standard InChI is InChI=1S/C14H23N5O/c1-2-3-12-13(18-15)16-8-17-14(12)19-9-4-5-10(19)7-11(20)6-9/h8-11,20H,2-7,15H2,1H3,(H,16,17,18). The van der Waals surface area contributed by atoms with Gasteiger partial charge in [-0.05, 0) is 32.1 Å². The molecule has 20 heavy (non-hydrogen) atoms. The van der Waals surface area contributed by atoms with Gasteiger partial charge in [-0.3, -0.25) is 0 Å². The van der Waals surface area contributed by atoms with Gasteiger partial charge in [0.05, 0.1) is 6.10 Å². The number of rotatable bonds is 4. The number of aromatic nitrogens is 2. The van der Waals surface area contributed by atoms with Crippen LogP contribution < -0.4 is 16.2 Å². The van der Waals surface area contributed by atoms with Gasteiger partial charge in [0.2, 0.25) is 0 Å². The molecule has 2 aliphatic rings. The van der Waals surface area contributed by atoms with Crippen LogP contribution in [0.2, 0.25) is 0 Å². The zero-order chi connectivity index (χ0) is 14.1. The largest absolute Gasteiger partial charge is 0.393 e. The second kappa shape index (κ2) is 5.54. The highest BCUT2D eigenvalue weighted by Gasteiger charge is 2.41. The molecule has 0 radical (unpaired) electrons. The average molecular weight is 277 g/mol. The highest BCUT2D eigenvalue weighted by Crippen LogP contribution is 2.40. The lowest BCUT2D eigenvalue weighted by atomic mass is 9.98. The Morgan fingerprint density at radius 3 is 2.65 bits per heavy atom. The van der Waals surface area contributed by atoms with Crippen LogP contribution in [0.15, 0.2) is 6.33 Å². The van der Waals surface area contributed by atoms with Crippen LogP contribution in [-0.2, 0) is 6.42 Å². The Hall–Kier alpha value is -1.40. The summed E-state index contributed by atoms with van der Waals surface area (Å²) in [6, 6.07) is 0.805. The molecule has 2 atom stereocenters. The maximum Gasteiger partial charge on any atom is 0.148 e. The zero-order valence-corrected chi connectivity index (χ0v) is 11.9. The summed E-state index contributed by atoms with van der Waals surface area (Å²) in [4.78, 5) is 11.2. The molecule has 2 saturated heterocycles. The first-order chi connectivity index (χ1) is 9.74. The summed E-state index contributed by atoms with van der Waals surface area (Å²) in [7, 11) is 0. The van der Waals surface area contributed by atoms with Crippen LogP contribution >= 0.6 is 0 Å². The lowest BCUT2D eigenvalue weighted by Crippen LogP contribution is -2.45. The first-order valence-electron chi connectivity index (χ1n) is 7.51. The van der Waals surface area contributed by atoms with E-state index in [-0.39, 0.29) is 6.10 Å². The zero-order valence-electron chi connectivity index (χ0n) is 11.9. The summed E-state index contributed by atoms with van der Waals surface area (Å²) >= 11 is 0. The second-order valence-corrected chi connectivity index (χ2v) is 5.84.